The lowest BCUT2D eigenvalue weighted by Gasteiger charge is -2.23. The van der Waals surface area contributed by atoms with E-state index in [0.29, 0.717) is 24.6 Å². The molecule has 1 N–H and O–H groups in total. The van der Waals surface area contributed by atoms with Gasteiger partial charge in [-0.05, 0) is 47.9 Å². The van der Waals surface area contributed by atoms with Gasteiger partial charge in [0.15, 0.2) is 18.1 Å². The van der Waals surface area contributed by atoms with Crippen molar-refractivity contribution < 1.29 is 19.0 Å². The summed E-state index contributed by atoms with van der Waals surface area (Å²) in [5.74, 6) is 2.07. The Kier molecular flexibility index (Phi) is 5.66. The van der Waals surface area contributed by atoms with Crippen LogP contribution in [0.25, 0.3) is 10.9 Å². The first-order valence-electron chi connectivity index (χ1n) is 10.7. The Hall–Kier alpha value is -3.93. The Morgan fingerprint density at radius 3 is 2.69 bits per heavy atom. The summed E-state index contributed by atoms with van der Waals surface area (Å²) in [5.41, 5.74) is 3.28. The van der Waals surface area contributed by atoms with E-state index in [4.69, 9.17) is 14.2 Å². The lowest BCUT2D eigenvalue weighted by molar-refractivity contribution is -0.134. The lowest BCUT2D eigenvalue weighted by Crippen LogP contribution is -2.36. The Morgan fingerprint density at radius 2 is 1.78 bits per heavy atom. The van der Waals surface area contributed by atoms with Gasteiger partial charge < -0.3 is 24.1 Å². The summed E-state index contributed by atoms with van der Waals surface area (Å²) in [7, 11) is 0. The molecule has 0 fully saturated rings. The fourth-order valence-electron chi connectivity index (χ4n) is 3.90. The van der Waals surface area contributed by atoms with Gasteiger partial charge in [0.05, 0.1) is 0 Å². The average molecular weight is 428 g/mol. The first kappa shape index (κ1) is 20.0. The smallest absolute Gasteiger partial charge is 0.260 e. The van der Waals surface area contributed by atoms with Crippen LogP contribution < -0.4 is 14.2 Å². The highest BCUT2D eigenvalue weighted by molar-refractivity contribution is 5.83. The lowest BCUT2D eigenvalue weighted by atomic mass is 10.1. The van der Waals surface area contributed by atoms with Gasteiger partial charge >= 0.3 is 0 Å². The number of para-hydroxylation sites is 2. The van der Waals surface area contributed by atoms with Gasteiger partial charge in [-0.15, -0.1) is 0 Å². The Bertz CT molecular complexity index is 1220. The number of fused-ring (bicyclic) bond motifs is 2. The maximum absolute atomic E-state index is 13.1. The monoisotopic (exact) mass is 428 g/mol. The number of benzene rings is 3. The van der Waals surface area contributed by atoms with Gasteiger partial charge in [-0.25, -0.2) is 0 Å². The Morgan fingerprint density at radius 1 is 0.969 bits per heavy atom. The highest BCUT2D eigenvalue weighted by Gasteiger charge is 2.19. The van der Waals surface area contributed by atoms with E-state index in [1.807, 2.05) is 71.8 Å². The minimum Gasteiger partial charge on any atom is -0.484 e. The number of H-pyrrole nitrogens is 1. The van der Waals surface area contributed by atoms with E-state index in [-0.39, 0.29) is 19.3 Å². The first-order chi connectivity index (χ1) is 15.8. The fourth-order valence-corrected chi connectivity index (χ4v) is 3.90. The summed E-state index contributed by atoms with van der Waals surface area (Å²) < 4.78 is 16.6. The van der Waals surface area contributed by atoms with E-state index in [1.54, 1.807) is 0 Å². The van der Waals surface area contributed by atoms with E-state index in [0.717, 1.165) is 23.3 Å². The number of ether oxygens (including phenoxy) is 3. The molecule has 5 rings (SSSR count). The normalized spacial score (nSPS) is 12.1. The summed E-state index contributed by atoms with van der Waals surface area (Å²) in [6.45, 7) is 1.26. The van der Waals surface area contributed by atoms with Crippen molar-refractivity contribution in [3.8, 4) is 17.2 Å². The van der Waals surface area contributed by atoms with Crippen molar-refractivity contribution >= 4 is 16.8 Å². The van der Waals surface area contributed by atoms with Gasteiger partial charge in [-0.2, -0.15) is 0 Å². The van der Waals surface area contributed by atoms with Crippen LogP contribution in [0.1, 0.15) is 11.1 Å². The third-order valence-corrected chi connectivity index (χ3v) is 5.59. The third-order valence-electron chi connectivity index (χ3n) is 5.59. The van der Waals surface area contributed by atoms with E-state index in [9.17, 15) is 4.79 Å². The largest absolute Gasteiger partial charge is 0.484 e. The molecule has 0 aliphatic carbocycles. The summed E-state index contributed by atoms with van der Waals surface area (Å²) in [6, 6.07) is 23.4. The molecule has 6 nitrogen and oxygen atoms in total. The number of nitrogens with one attached hydrogen (secondary N) is 1. The van der Waals surface area contributed by atoms with Gasteiger partial charge in [-0.1, -0.05) is 42.5 Å². The number of hydrogen-bond acceptors (Lipinski definition) is 4. The number of aromatic amines is 1. The standard InChI is InChI=1S/C26H24N2O4/c29-26(17-30-21-6-2-1-3-7-21)28(16-19-10-11-24-25(14-19)32-18-31-24)13-12-20-15-27-23-9-5-4-8-22(20)23/h1-11,14-15,27H,12-13,16-18H2. The zero-order valence-corrected chi connectivity index (χ0v) is 17.6. The molecule has 32 heavy (non-hydrogen) atoms. The van der Waals surface area contributed by atoms with Crippen LogP contribution >= 0.6 is 0 Å². The molecular weight excluding hydrogens is 404 g/mol. The number of amides is 1. The second-order valence-corrected chi connectivity index (χ2v) is 7.71. The molecule has 0 bridgehead atoms. The number of nitrogens with zero attached hydrogens (tertiary/aromatic N) is 1. The Labute approximate surface area is 186 Å². The summed E-state index contributed by atoms with van der Waals surface area (Å²) in [5, 5.41) is 1.18. The number of hydrogen-bond donors (Lipinski definition) is 1. The molecule has 6 heteroatoms. The highest BCUT2D eigenvalue weighted by Crippen LogP contribution is 2.33. The van der Waals surface area contributed by atoms with Crippen LogP contribution in [0.4, 0.5) is 0 Å². The average Bonchev–Trinajstić information content (AvgIpc) is 3.47. The molecule has 0 atom stereocenters. The molecule has 0 saturated heterocycles. The molecule has 1 aliphatic rings. The highest BCUT2D eigenvalue weighted by atomic mass is 16.7. The van der Waals surface area contributed by atoms with Crippen LogP contribution in [0.3, 0.4) is 0 Å². The third kappa shape index (κ3) is 4.39. The molecule has 0 saturated carbocycles. The Balaban J connectivity index is 1.32. The molecule has 162 valence electrons. The van der Waals surface area contributed by atoms with Gasteiger partial charge in [0.25, 0.3) is 5.91 Å². The molecule has 0 spiro atoms. The van der Waals surface area contributed by atoms with Crippen molar-refractivity contribution in [2.24, 2.45) is 0 Å². The van der Waals surface area contributed by atoms with Gasteiger partial charge in [0, 0.05) is 30.2 Å². The van der Waals surface area contributed by atoms with Crippen LogP contribution in [-0.2, 0) is 17.8 Å². The van der Waals surface area contributed by atoms with Crippen LogP contribution in [0.15, 0.2) is 79.0 Å². The van der Waals surface area contributed by atoms with Crippen molar-refractivity contribution in [2.45, 2.75) is 13.0 Å². The zero-order valence-electron chi connectivity index (χ0n) is 17.6. The number of aromatic nitrogens is 1. The van der Waals surface area contributed by atoms with Gasteiger partial charge in [-0.3, -0.25) is 4.79 Å². The number of carbonyl (C=O) groups is 1. The molecule has 4 aromatic rings. The minimum absolute atomic E-state index is 0.0115. The van der Waals surface area contributed by atoms with Crippen LogP contribution in [0.5, 0.6) is 17.2 Å². The van der Waals surface area contributed by atoms with Crippen LogP contribution in [0, 0.1) is 0 Å². The van der Waals surface area contributed by atoms with Crippen LogP contribution in [0.2, 0.25) is 0 Å². The maximum Gasteiger partial charge on any atom is 0.260 e. The van der Waals surface area contributed by atoms with Crippen molar-refractivity contribution in [1.82, 2.24) is 9.88 Å². The van der Waals surface area contributed by atoms with E-state index in [2.05, 4.69) is 17.1 Å². The van der Waals surface area contributed by atoms with E-state index < -0.39 is 0 Å². The second-order valence-electron chi connectivity index (χ2n) is 7.71. The summed E-state index contributed by atoms with van der Waals surface area (Å²) in [6.07, 6.45) is 2.76. The van der Waals surface area contributed by atoms with E-state index in [1.165, 1.54) is 10.9 Å². The maximum atomic E-state index is 13.1. The molecule has 1 amide bonds. The molecule has 0 radical (unpaired) electrons. The van der Waals surface area contributed by atoms with Crippen LogP contribution in [-0.4, -0.2) is 35.7 Å². The molecule has 3 aromatic carbocycles. The van der Waals surface area contributed by atoms with Crippen molar-refractivity contribution in [3.63, 3.8) is 0 Å². The number of rotatable bonds is 8. The predicted octanol–water partition coefficient (Wildman–Crippen LogP) is 4.55. The number of carbonyl (C=O) groups excluding carboxylic acids is 1. The van der Waals surface area contributed by atoms with Gasteiger partial charge in [0.1, 0.15) is 5.75 Å². The van der Waals surface area contributed by atoms with Gasteiger partial charge in [0.2, 0.25) is 6.79 Å². The first-order valence-corrected chi connectivity index (χ1v) is 10.7. The van der Waals surface area contributed by atoms with Crippen molar-refractivity contribution in [3.05, 3.63) is 90.1 Å². The summed E-state index contributed by atoms with van der Waals surface area (Å²) >= 11 is 0. The van der Waals surface area contributed by atoms with Crippen molar-refractivity contribution in [2.75, 3.05) is 19.9 Å². The quantitative estimate of drug-likeness (QED) is 0.447. The molecule has 1 aliphatic heterocycles. The predicted molar refractivity (Wildman–Crippen MR) is 122 cm³/mol. The minimum atomic E-state index is -0.0636. The topological polar surface area (TPSA) is 63.8 Å². The zero-order chi connectivity index (χ0) is 21.8. The molecule has 2 heterocycles. The second kappa shape index (κ2) is 9.06. The summed E-state index contributed by atoms with van der Waals surface area (Å²) in [4.78, 5) is 18.3. The fraction of sp³-hybridized carbons (Fsp3) is 0.192. The van der Waals surface area contributed by atoms with Crippen molar-refractivity contribution in [1.29, 1.82) is 0 Å². The molecule has 1 aromatic heterocycles. The molecule has 0 unspecified atom stereocenters. The van der Waals surface area contributed by atoms with E-state index >= 15 is 0 Å². The molecular formula is C26H24N2O4. The SMILES string of the molecule is O=C(COc1ccccc1)N(CCc1c[nH]c2ccccc12)Cc1ccc2c(c1)OCO2.